The van der Waals surface area contributed by atoms with Gasteiger partial charge in [-0.1, -0.05) is 18.2 Å². The molecule has 0 fully saturated rings. The number of aliphatic hydroxyl groups is 1. The summed E-state index contributed by atoms with van der Waals surface area (Å²) in [5.74, 6) is -0.240. The molecule has 116 valence electrons. The monoisotopic (exact) mass is 303 g/mol. The fourth-order valence-electron chi connectivity index (χ4n) is 2.15. The second-order valence-electron chi connectivity index (χ2n) is 5.24. The van der Waals surface area contributed by atoms with Crippen LogP contribution >= 0.6 is 0 Å². The normalized spacial score (nSPS) is 20.9. The van der Waals surface area contributed by atoms with Crippen molar-refractivity contribution in [3.05, 3.63) is 29.8 Å². The third-order valence-corrected chi connectivity index (χ3v) is 3.41. The van der Waals surface area contributed by atoms with Gasteiger partial charge in [-0.25, -0.2) is 0 Å². The summed E-state index contributed by atoms with van der Waals surface area (Å²) in [6.45, 7) is 0.960. The summed E-state index contributed by atoms with van der Waals surface area (Å²) in [5, 5.41) is 11.9. The fraction of sp³-hybridized carbons (Fsp3) is 0.500. The van der Waals surface area contributed by atoms with E-state index in [-0.39, 0.29) is 0 Å². The molecule has 0 unspecified atom stereocenters. The molecule has 0 saturated carbocycles. The van der Waals surface area contributed by atoms with Crippen LogP contribution in [0.4, 0.5) is 13.2 Å². The molecule has 2 atom stereocenters. The molecule has 1 aliphatic rings. The van der Waals surface area contributed by atoms with Crippen molar-refractivity contribution in [2.24, 2.45) is 0 Å². The summed E-state index contributed by atoms with van der Waals surface area (Å²) in [4.78, 5) is 11.8. The molecular formula is C14H16F3NO3. The number of amides is 1. The molecule has 2 N–H and O–H groups in total. The van der Waals surface area contributed by atoms with Gasteiger partial charge in [0.2, 0.25) is 5.91 Å². The van der Waals surface area contributed by atoms with Crippen molar-refractivity contribution in [2.75, 3.05) is 6.61 Å². The zero-order valence-corrected chi connectivity index (χ0v) is 11.4. The molecule has 0 radical (unpaired) electrons. The molecule has 7 heteroatoms. The van der Waals surface area contributed by atoms with Gasteiger partial charge in [0.05, 0.1) is 19.1 Å². The molecule has 0 saturated heterocycles. The van der Waals surface area contributed by atoms with Crippen LogP contribution < -0.4 is 10.1 Å². The van der Waals surface area contributed by atoms with Crippen molar-refractivity contribution >= 4 is 5.91 Å². The lowest BCUT2D eigenvalue weighted by atomic mass is 9.98. The van der Waals surface area contributed by atoms with Gasteiger partial charge in [-0.3, -0.25) is 4.79 Å². The predicted molar refractivity (Wildman–Crippen MR) is 68.7 cm³/mol. The summed E-state index contributed by atoms with van der Waals surface area (Å²) in [7, 11) is 0. The van der Waals surface area contributed by atoms with Crippen LogP contribution in [0.2, 0.25) is 0 Å². The van der Waals surface area contributed by atoms with Crippen LogP contribution in [-0.4, -0.2) is 29.4 Å². The molecule has 1 aromatic carbocycles. The maximum atomic E-state index is 12.6. The molecule has 21 heavy (non-hydrogen) atoms. The number of alkyl halides is 3. The van der Waals surface area contributed by atoms with Crippen LogP contribution in [0.15, 0.2) is 24.3 Å². The summed E-state index contributed by atoms with van der Waals surface area (Å²) in [5.41, 5.74) is -2.31. The van der Waals surface area contributed by atoms with E-state index in [1.54, 1.807) is 24.3 Å². The van der Waals surface area contributed by atoms with Crippen molar-refractivity contribution < 1.29 is 27.8 Å². The van der Waals surface area contributed by atoms with Crippen LogP contribution in [0.5, 0.6) is 5.75 Å². The van der Waals surface area contributed by atoms with Gasteiger partial charge in [-0.15, -0.1) is 0 Å². The molecule has 0 spiro atoms. The van der Waals surface area contributed by atoms with Gasteiger partial charge in [0, 0.05) is 12.0 Å². The Balaban J connectivity index is 2.05. The Kier molecular flexibility index (Phi) is 4.13. The van der Waals surface area contributed by atoms with Gasteiger partial charge < -0.3 is 15.2 Å². The third kappa shape index (κ3) is 3.47. The van der Waals surface area contributed by atoms with Gasteiger partial charge in [0.15, 0.2) is 5.60 Å². The second kappa shape index (κ2) is 5.55. The molecule has 1 heterocycles. The van der Waals surface area contributed by atoms with Crippen LogP contribution in [0.25, 0.3) is 0 Å². The molecule has 1 aromatic rings. The number of ether oxygens (including phenoxy) is 1. The smallest absolute Gasteiger partial charge is 0.417 e. The molecule has 0 aliphatic carbocycles. The molecule has 2 rings (SSSR count). The van der Waals surface area contributed by atoms with Crippen LogP contribution in [0.1, 0.15) is 31.4 Å². The van der Waals surface area contributed by atoms with Crippen LogP contribution in [0.3, 0.4) is 0 Å². The fourth-order valence-corrected chi connectivity index (χ4v) is 2.15. The number of carbonyl (C=O) groups is 1. The van der Waals surface area contributed by atoms with Crippen molar-refractivity contribution in [3.63, 3.8) is 0 Å². The first-order chi connectivity index (χ1) is 9.71. The molecular weight excluding hydrogens is 287 g/mol. The first kappa shape index (κ1) is 15.6. The van der Waals surface area contributed by atoms with Crippen molar-refractivity contribution in [3.8, 4) is 5.75 Å². The van der Waals surface area contributed by atoms with Crippen molar-refractivity contribution in [2.45, 2.75) is 37.6 Å². The first-order valence-corrected chi connectivity index (χ1v) is 6.51. The Morgan fingerprint density at radius 1 is 1.43 bits per heavy atom. The van der Waals surface area contributed by atoms with Gasteiger partial charge in [-0.2, -0.15) is 13.2 Å². The van der Waals surface area contributed by atoms with Gasteiger partial charge in [0.1, 0.15) is 5.75 Å². The standard InChI is InChI=1S/C14H16F3NO3/c1-13(20,14(15,16)17)8-12(19)18-10-6-7-21-11-5-3-2-4-9(10)11/h2-5,10,20H,6-8H2,1H3,(H,18,19)/t10-,13+/m1/s1. The number of benzene rings is 1. The molecule has 0 bridgehead atoms. The van der Waals surface area contributed by atoms with E-state index in [0.29, 0.717) is 25.7 Å². The quantitative estimate of drug-likeness (QED) is 0.901. The highest BCUT2D eigenvalue weighted by Gasteiger charge is 2.51. The second-order valence-corrected chi connectivity index (χ2v) is 5.24. The largest absolute Gasteiger partial charge is 0.493 e. The molecule has 4 nitrogen and oxygen atoms in total. The Bertz CT molecular complexity index is 528. The van der Waals surface area contributed by atoms with Crippen LogP contribution in [0, 0.1) is 0 Å². The summed E-state index contributed by atoms with van der Waals surface area (Å²) < 4.78 is 43.1. The first-order valence-electron chi connectivity index (χ1n) is 6.51. The molecule has 0 aromatic heterocycles. The van der Waals surface area contributed by atoms with E-state index in [1.165, 1.54) is 0 Å². The lowest BCUT2D eigenvalue weighted by molar-refractivity contribution is -0.253. The van der Waals surface area contributed by atoms with Gasteiger partial charge in [0.25, 0.3) is 0 Å². The van der Waals surface area contributed by atoms with Crippen molar-refractivity contribution in [1.29, 1.82) is 0 Å². The molecule has 1 amide bonds. The number of nitrogens with one attached hydrogen (secondary N) is 1. The Morgan fingerprint density at radius 3 is 2.76 bits per heavy atom. The Labute approximate surface area is 119 Å². The summed E-state index contributed by atoms with van der Waals surface area (Å²) in [6, 6.07) is 6.61. The highest BCUT2D eigenvalue weighted by molar-refractivity contribution is 5.77. The highest BCUT2D eigenvalue weighted by atomic mass is 19.4. The number of para-hydroxylation sites is 1. The van der Waals surface area contributed by atoms with Crippen molar-refractivity contribution in [1.82, 2.24) is 5.32 Å². The average molecular weight is 303 g/mol. The van der Waals surface area contributed by atoms with Gasteiger partial charge in [-0.05, 0) is 13.0 Å². The molecule has 1 aliphatic heterocycles. The van der Waals surface area contributed by atoms with E-state index in [0.717, 1.165) is 5.56 Å². The van der Waals surface area contributed by atoms with E-state index in [1.807, 2.05) is 0 Å². The Morgan fingerprint density at radius 2 is 2.10 bits per heavy atom. The minimum absolute atomic E-state index is 0.373. The van der Waals surface area contributed by atoms with Crippen LogP contribution in [-0.2, 0) is 4.79 Å². The average Bonchev–Trinajstić information content (AvgIpc) is 2.37. The van der Waals surface area contributed by atoms with E-state index >= 15 is 0 Å². The van der Waals surface area contributed by atoms with E-state index in [4.69, 9.17) is 4.74 Å². The van der Waals surface area contributed by atoms with Gasteiger partial charge >= 0.3 is 6.18 Å². The predicted octanol–water partition coefficient (Wildman–Crippen LogP) is 2.33. The van der Waals surface area contributed by atoms with E-state index < -0.39 is 30.1 Å². The topological polar surface area (TPSA) is 58.6 Å². The number of hydrogen-bond acceptors (Lipinski definition) is 3. The maximum Gasteiger partial charge on any atom is 0.417 e. The Hall–Kier alpha value is -1.76. The lowest BCUT2D eigenvalue weighted by Crippen LogP contribution is -2.46. The number of rotatable bonds is 3. The zero-order chi connectivity index (χ0) is 15.7. The summed E-state index contributed by atoms with van der Waals surface area (Å²) >= 11 is 0. The number of fused-ring (bicyclic) bond motifs is 1. The van der Waals surface area contributed by atoms with E-state index in [9.17, 15) is 23.1 Å². The maximum absolute atomic E-state index is 12.6. The summed E-state index contributed by atoms with van der Waals surface area (Å²) in [6.07, 6.45) is -5.41. The number of halogens is 3. The SMILES string of the molecule is C[C@](O)(CC(=O)N[C@@H]1CCOc2ccccc21)C(F)(F)F. The third-order valence-electron chi connectivity index (χ3n) is 3.41. The van der Waals surface area contributed by atoms with E-state index in [2.05, 4.69) is 5.32 Å². The number of carbonyl (C=O) groups excluding carboxylic acids is 1. The highest BCUT2D eigenvalue weighted by Crippen LogP contribution is 2.34. The lowest BCUT2D eigenvalue weighted by Gasteiger charge is -2.29. The zero-order valence-electron chi connectivity index (χ0n) is 11.4. The number of hydrogen-bond donors (Lipinski definition) is 2. The minimum Gasteiger partial charge on any atom is -0.493 e. The minimum atomic E-state index is -4.85.